The van der Waals surface area contributed by atoms with Gasteiger partial charge in [0.15, 0.2) is 0 Å². The van der Waals surface area contributed by atoms with Crippen LogP contribution in [0.5, 0.6) is 0 Å². The minimum Gasteiger partial charge on any atom is -0.303 e. The predicted molar refractivity (Wildman–Crippen MR) is 51.0 cm³/mol. The first kappa shape index (κ1) is 11.8. The van der Waals surface area contributed by atoms with Crippen molar-refractivity contribution in [3.8, 4) is 6.07 Å². The van der Waals surface area contributed by atoms with Crippen molar-refractivity contribution in [2.24, 2.45) is 5.11 Å². The lowest BCUT2D eigenvalue weighted by molar-refractivity contribution is 0.259. The topological polar surface area (TPSA) is 75.8 Å². The SMILES string of the molecule is CC(CC#N)N(C)CCCN=[N+]=[N-]. The van der Waals surface area contributed by atoms with E-state index in [0.717, 1.165) is 13.0 Å². The van der Waals surface area contributed by atoms with Crippen molar-refractivity contribution >= 4 is 0 Å². The molecular formula is C8H15N5. The average molecular weight is 181 g/mol. The van der Waals surface area contributed by atoms with Gasteiger partial charge in [0.1, 0.15) is 0 Å². The Morgan fingerprint density at radius 1 is 1.69 bits per heavy atom. The maximum absolute atomic E-state index is 8.45. The maximum Gasteiger partial charge on any atom is 0.0638 e. The number of hydrogen-bond acceptors (Lipinski definition) is 3. The Morgan fingerprint density at radius 2 is 2.38 bits per heavy atom. The van der Waals surface area contributed by atoms with Crippen molar-refractivity contribution in [2.75, 3.05) is 20.1 Å². The summed E-state index contributed by atoms with van der Waals surface area (Å²) in [6.07, 6.45) is 1.38. The van der Waals surface area contributed by atoms with Crippen molar-refractivity contribution in [1.29, 1.82) is 5.26 Å². The van der Waals surface area contributed by atoms with Gasteiger partial charge in [0.2, 0.25) is 0 Å². The first-order valence-corrected chi connectivity index (χ1v) is 4.30. The van der Waals surface area contributed by atoms with E-state index in [-0.39, 0.29) is 6.04 Å². The molecule has 0 aliphatic carbocycles. The van der Waals surface area contributed by atoms with Gasteiger partial charge in [0.05, 0.1) is 12.5 Å². The third kappa shape index (κ3) is 5.97. The van der Waals surface area contributed by atoms with Gasteiger partial charge in [-0.3, -0.25) is 0 Å². The zero-order valence-corrected chi connectivity index (χ0v) is 8.14. The maximum atomic E-state index is 8.45. The molecule has 0 aliphatic rings. The smallest absolute Gasteiger partial charge is 0.0638 e. The number of rotatable bonds is 6. The molecule has 0 bridgehead atoms. The van der Waals surface area contributed by atoms with E-state index >= 15 is 0 Å². The molecule has 5 heteroatoms. The second-order valence-corrected chi connectivity index (χ2v) is 3.00. The normalized spacial score (nSPS) is 11.8. The van der Waals surface area contributed by atoms with Crippen LogP contribution in [0.2, 0.25) is 0 Å². The molecule has 0 amide bonds. The highest BCUT2D eigenvalue weighted by Crippen LogP contribution is 2.00. The number of nitrogens with zero attached hydrogens (tertiary/aromatic N) is 5. The van der Waals surface area contributed by atoms with Crippen molar-refractivity contribution < 1.29 is 0 Å². The Kier molecular flexibility index (Phi) is 6.70. The lowest BCUT2D eigenvalue weighted by Crippen LogP contribution is -2.29. The number of nitriles is 1. The van der Waals surface area contributed by atoms with Gasteiger partial charge in [-0.1, -0.05) is 5.11 Å². The van der Waals surface area contributed by atoms with Crippen LogP contribution in [0.3, 0.4) is 0 Å². The van der Waals surface area contributed by atoms with Crippen LogP contribution in [0.25, 0.3) is 10.4 Å². The molecule has 0 radical (unpaired) electrons. The van der Waals surface area contributed by atoms with Crippen molar-refractivity contribution in [2.45, 2.75) is 25.8 Å². The average Bonchev–Trinajstić information content (AvgIpc) is 2.12. The molecule has 0 aliphatic heterocycles. The summed E-state index contributed by atoms with van der Waals surface area (Å²) in [7, 11) is 1.97. The Hall–Kier alpha value is -1.24. The minimum absolute atomic E-state index is 0.274. The molecule has 1 atom stereocenters. The zero-order chi connectivity index (χ0) is 10.1. The molecule has 0 rings (SSSR count). The highest BCUT2D eigenvalue weighted by atomic mass is 15.1. The molecule has 72 valence electrons. The summed E-state index contributed by atoms with van der Waals surface area (Å²) in [6.45, 7) is 3.40. The van der Waals surface area contributed by atoms with Crippen LogP contribution in [0.4, 0.5) is 0 Å². The second-order valence-electron chi connectivity index (χ2n) is 3.00. The van der Waals surface area contributed by atoms with E-state index in [1.54, 1.807) is 0 Å². The van der Waals surface area contributed by atoms with Gasteiger partial charge in [-0.15, -0.1) is 0 Å². The van der Waals surface area contributed by atoms with E-state index < -0.39 is 0 Å². The number of hydrogen-bond donors (Lipinski definition) is 0. The van der Waals surface area contributed by atoms with Crippen LogP contribution < -0.4 is 0 Å². The highest BCUT2D eigenvalue weighted by molar-refractivity contribution is 4.78. The van der Waals surface area contributed by atoms with E-state index in [4.69, 9.17) is 10.8 Å². The summed E-state index contributed by atoms with van der Waals surface area (Å²) >= 11 is 0. The summed E-state index contributed by atoms with van der Waals surface area (Å²) in [6, 6.07) is 2.40. The summed E-state index contributed by atoms with van der Waals surface area (Å²) in [5.41, 5.74) is 8.03. The largest absolute Gasteiger partial charge is 0.303 e. The van der Waals surface area contributed by atoms with Crippen molar-refractivity contribution in [1.82, 2.24) is 4.90 Å². The van der Waals surface area contributed by atoms with Gasteiger partial charge in [-0.2, -0.15) is 5.26 Å². The fraction of sp³-hybridized carbons (Fsp3) is 0.875. The Labute approximate surface area is 78.6 Å². The Bertz CT molecular complexity index is 213. The molecule has 0 spiro atoms. The molecule has 0 heterocycles. The van der Waals surface area contributed by atoms with E-state index in [2.05, 4.69) is 21.0 Å². The first-order valence-electron chi connectivity index (χ1n) is 4.30. The summed E-state index contributed by atoms with van der Waals surface area (Å²) in [5, 5.41) is 11.9. The molecule has 0 aromatic carbocycles. The van der Waals surface area contributed by atoms with Gasteiger partial charge in [0, 0.05) is 17.5 Å². The van der Waals surface area contributed by atoms with Crippen LogP contribution in [0, 0.1) is 11.3 Å². The molecular weight excluding hydrogens is 166 g/mol. The van der Waals surface area contributed by atoms with Gasteiger partial charge in [-0.25, -0.2) is 0 Å². The lowest BCUT2D eigenvalue weighted by atomic mass is 10.2. The number of azide groups is 1. The molecule has 0 saturated carbocycles. The van der Waals surface area contributed by atoms with Gasteiger partial charge >= 0.3 is 0 Å². The standard InChI is InChI=1S/C8H15N5/c1-8(4-5-9)13(2)7-3-6-11-12-10/h8H,3-4,6-7H2,1-2H3. The summed E-state index contributed by atoms with van der Waals surface area (Å²) in [4.78, 5) is 4.76. The molecule has 0 aromatic rings. The monoisotopic (exact) mass is 181 g/mol. The second kappa shape index (κ2) is 7.41. The van der Waals surface area contributed by atoms with Crippen molar-refractivity contribution in [3.05, 3.63) is 10.4 Å². The van der Waals surface area contributed by atoms with Crippen LogP contribution in [0.1, 0.15) is 19.8 Å². The third-order valence-corrected chi connectivity index (χ3v) is 1.97. The molecule has 1 unspecified atom stereocenters. The van der Waals surface area contributed by atoms with Crippen LogP contribution in [0.15, 0.2) is 5.11 Å². The lowest BCUT2D eigenvalue weighted by Gasteiger charge is -2.21. The Morgan fingerprint density at radius 3 is 2.92 bits per heavy atom. The van der Waals surface area contributed by atoms with Crippen LogP contribution in [-0.2, 0) is 0 Å². The van der Waals surface area contributed by atoms with E-state index in [1.165, 1.54) is 0 Å². The van der Waals surface area contributed by atoms with E-state index in [1.807, 2.05) is 14.0 Å². The quantitative estimate of drug-likeness (QED) is 0.271. The molecule has 0 saturated heterocycles. The van der Waals surface area contributed by atoms with Gasteiger partial charge in [-0.05, 0) is 32.5 Å². The zero-order valence-electron chi connectivity index (χ0n) is 8.14. The highest BCUT2D eigenvalue weighted by Gasteiger charge is 2.06. The fourth-order valence-corrected chi connectivity index (χ4v) is 0.944. The summed E-state index contributed by atoms with van der Waals surface area (Å²) < 4.78 is 0. The van der Waals surface area contributed by atoms with Crippen molar-refractivity contribution in [3.63, 3.8) is 0 Å². The molecule has 0 N–H and O–H groups in total. The van der Waals surface area contributed by atoms with Crippen LogP contribution >= 0.6 is 0 Å². The Balaban J connectivity index is 3.55. The van der Waals surface area contributed by atoms with Gasteiger partial charge in [0.25, 0.3) is 0 Å². The van der Waals surface area contributed by atoms with Gasteiger partial charge < -0.3 is 4.90 Å². The third-order valence-electron chi connectivity index (χ3n) is 1.97. The van der Waals surface area contributed by atoms with E-state index in [9.17, 15) is 0 Å². The predicted octanol–water partition coefficient (Wildman–Crippen LogP) is 1.92. The molecule has 5 nitrogen and oxygen atoms in total. The molecule has 0 aromatic heterocycles. The van der Waals surface area contributed by atoms with Crippen LogP contribution in [-0.4, -0.2) is 31.1 Å². The fourth-order valence-electron chi connectivity index (χ4n) is 0.944. The molecule has 0 fully saturated rings. The van der Waals surface area contributed by atoms with E-state index in [0.29, 0.717) is 13.0 Å². The summed E-state index contributed by atoms with van der Waals surface area (Å²) in [5.74, 6) is 0. The molecule has 13 heavy (non-hydrogen) atoms. The first-order chi connectivity index (χ1) is 6.22. The minimum atomic E-state index is 0.274.